The number of anilines is 1. The molecule has 0 spiro atoms. The number of phenols is 1. The molecule has 2 aromatic carbocycles. The number of nitrogens with zero attached hydrogens (tertiary/aromatic N) is 4. The van der Waals surface area contributed by atoms with Crippen molar-refractivity contribution in [2.75, 3.05) is 12.1 Å². The smallest absolute Gasteiger partial charge is 0.342 e. The van der Waals surface area contributed by atoms with E-state index in [1.165, 1.54) is 18.1 Å². The second-order valence-electron chi connectivity index (χ2n) is 9.60. The van der Waals surface area contributed by atoms with Crippen LogP contribution in [-0.4, -0.2) is 55.2 Å². The topological polar surface area (TPSA) is 164 Å². The van der Waals surface area contributed by atoms with Crippen LogP contribution < -0.4 is 15.3 Å². The van der Waals surface area contributed by atoms with Crippen molar-refractivity contribution < 1.29 is 28.5 Å². The first-order valence-electron chi connectivity index (χ1n) is 12.9. The Labute approximate surface area is 242 Å². The number of nitrogens with one attached hydrogen (secondary N) is 1. The van der Waals surface area contributed by atoms with Crippen LogP contribution in [0.25, 0.3) is 11.2 Å². The van der Waals surface area contributed by atoms with Gasteiger partial charge in [0, 0.05) is 9.79 Å². The predicted octanol–water partition coefficient (Wildman–Crippen LogP) is 4.83. The second-order valence-corrected chi connectivity index (χ2v) is 12.8. The number of ether oxygens (including phenoxy) is 2. The molecule has 0 aliphatic heterocycles. The van der Waals surface area contributed by atoms with Gasteiger partial charge < -0.3 is 29.4 Å². The Bertz CT molecular complexity index is 1520. The molecule has 0 bridgehead atoms. The first-order valence-corrected chi connectivity index (χ1v) is 15.5. The van der Waals surface area contributed by atoms with Crippen molar-refractivity contribution in [3.63, 3.8) is 0 Å². The number of esters is 1. The van der Waals surface area contributed by atoms with Crippen LogP contribution in [0.2, 0.25) is 0 Å². The third kappa shape index (κ3) is 8.43. The molecule has 0 fully saturated rings. The van der Waals surface area contributed by atoms with Crippen LogP contribution in [0.5, 0.6) is 11.5 Å². The maximum absolute atomic E-state index is 14.0. The molecule has 12 nitrogen and oxygen atoms in total. The first-order chi connectivity index (χ1) is 19.5. The molecule has 0 saturated carbocycles. The van der Waals surface area contributed by atoms with Gasteiger partial charge in [0.15, 0.2) is 11.5 Å². The number of carbonyl (C=O) groups excluding carboxylic acids is 1. The number of aromatic nitrogens is 4. The van der Waals surface area contributed by atoms with E-state index < -0.39 is 25.6 Å². The summed E-state index contributed by atoms with van der Waals surface area (Å²) < 4.78 is 32.9. The molecule has 2 heterocycles. The Morgan fingerprint density at radius 1 is 1.05 bits per heavy atom. The fraction of sp³-hybridized carbons (Fsp3) is 0.333. The van der Waals surface area contributed by atoms with Crippen LogP contribution in [0.3, 0.4) is 0 Å². The number of aromatic hydroxyl groups is 1. The number of hydrogen-bond acceptors (Lipinski definition) is 11. The summed E-state index contributed by atoms with van der Waals surface area (Å²) in [5, 5.41) is 12.3. The Morgan fingerprint density at radius 2 is 1.71 bits per heavy atom. The summed E-state index contributed by atoms with van der Waals surface area (Å²) in [6.07, 6.45) is 1.88. The van der Waals surface area contributed by atoms with Gasteiger partial charge in [-0.3, -0.25) is 9.36 Å². The van der Waals surface area contributed by atoms with Gasteiger partial charge in [-0.1, -0.05) is 11.8 Å². The second kappa shape index (κ2) is 13.3. The lowest BCUT2D eigenvalue weighted by Crippen LogP contribution is -2.37. The molecule has 0 aliphatic carbocycles. The lowest BCUT2D eigenvalue weighted by molar-refractivity contribution is -0.149. The van der Waals surface area contributed by atoms with Crippen molar-refractivity contribution in [3.05, 3.63) is 61.2 Å². The Kier molecular flexibility index (Phi) is 9.87. The molecule has 0 saturated heterocycles. The van der Waals surface area contributed by atoms with Crippen LogP contribution >= 0.6 is 19.3 Å². The predicted molar refractivity (Wildman–Crippen MR) is 156 cm³/mol. The molecule has 1 unspecified atom stereocenters. The van der Waals surface area contributed by atoms with Crippen LogP contribution in [0.15, 0.2) is 71.0 Å². The van der Waals surface area contributed by atoms with Crippen molar-refractivity contribution in [1.82, 2.24) is 24.6 Å². The lowest BCUT2D eigenvalue weighted by atomic mass is 10.3. The van der Waals surface area contributed by atoms with E-state index in [1.807, 2.05) is 31.2 Å². The number of benzene rings is 2. The molecule has 41 heavy (non-hydrogen) atoms. The highest BCUT2D eigenvalue weighted by atomic mass is 32.2. The summed E-state index contributed by atoms with van der Waals surface area (Å²) in [7, 11) is -3.76. The number of nitrogen functional groups attached to an aromatic ring is 1. The zero-order chi connectivity index (χ0) is 29.6. The van der Waals surface area contributed by atoms with Crippen LogP contribution in [0, 0.1) is 0 Å². The summed E-state index contributed by atoms with van der Waals surface area (Å²) in [6, 6.07) is 13.0. The van der Waals surface area contributed by atoms with E-state index in [-0.39, 0.29) is 24.0 Å². The third-order valence-electron chi connectivity index (χ3n) is 5.66. The van der Waals surface area contributed by atoms with Crippen molar-refractivity contribution in [2.24, 2.45) is 0 Å². The fourth-order valence-electron chi connectivity index (χ4n) is 3.75. The normalized spacial score (nSPS) is 14.5. The Morgan fingerprint density at radius 3 is 2.37 bits per heavy atom. The fourth-order valence-corrected chi connectivity index (χ4v) is 6.35. The van der Waals surface area contributed by atoms with Gasteiger partial charge in [-0.25, -0.2) is 20.0 Å². The molecular formula is C27H33N6O6PS. The molecule has 0 aliphatic rings. The number of rotatable bonds is 13. The SMILES string of the molecule is CC(C)OC(=O)[C@H](C)NP(=O)(CO[C@H](C)Cn1cnc2c(N)ncnc21)Oc1ccc(Sc2ccc(O)cc2)cc1. The molecule has 14 heteroatoms. The highest BCUT2D eigenvalue weighted by Crippen LogP contribution is 2.44. The van der Waals surface area contributed by atoms with E-state index >= 15 is 0 Å². The minimum atomic E-state index is -3.76. The summed E-state index contributed by atoms with van der Waals surface area (Å²) in [6.45, 7) is 7.19. The molecule has 218 valence electrons. The third-order valence-corrected chi connectivity index (χ3v) is 8.45. The number of nitrogens with two attached hydrogens (primary N) is 1. The van der Waals surface area contributed by atoms with Crippen molar-refractivity contribution in [3.8, 4) is 11.5 Å². The Balaban J connectivity index is 1.45. The molecule has 4 aromatic rings. The number of carbonyl (C=O) groups is 1. The van der Waals surface area contributed by atoms with Gasteiger partial charge in [0.2, 0.25) is 0 Å². The number of fused-ring (bicyclic) bond motifs is 1. The van der Waals surface area contributed by atoms with Gasteiger partial charge in [-0.2, -0.15) is 0 Å². The number of phenolic OH excluding ortho intramolecular Hbond substituents is 1. The monoisotopic (exact) mass is 600 g/mol. The van der Waals surface area contributed by atoms with Gasteiger partial charge in [0.1, 0.15) is 35.7 Å². The summed E-state index contributed by atoms with van der Waals surface area (Å²) in [5.41, 5.74) is 6.92. The van der Waals surface area contributed by atoms with E-state index in [2.05, 4.69) is 20.0 Å². The number of hydrogen-bond donors (Lipinski definition) is 3. The maximum atomic E-state index is 14.0. The minimum Gasteiger partial charge on any atom is -0.508 e. The van der Waals surface area contributed by atoms with E-state index in [0.717, 1.165) is 9.79 Å². The van der Waals surface area contributed by atoms with E-state index in [1.54, 1.807) is 55.9 Å². The maximum Gasteiger partial charge on any atom is 0.342 e. The molecular weight excluding hydrogens is 567 g/mol. The van der Waals surface area contributed by atoms with Crippen LogP contribution in [-0.2, 0) is 25.4 Å². The average molecular weight is 601 g/mol. The summed E-state index contributed by atoms with van der Waals surface area (Å²) >= 11 is 1.50. The molecule has 4 N–H and O–H groups in total. The van der Waals surface area contributed by atoms with Gasteiger partial charge in [0.05, 0.1) is 25.1 Å². The highest BCUT2D eigenvalue weighted by Gasteiger charge is 2.32. The zero-order valence-electron chi connectivity index (χ0n) is 23.1. The summed E-state index contributed by atoms with van der Waals surface area (Å²) in [5.74, 6) is 0.254. The van der Waals surface area contributed by atoms with E-state index in [0.29, 0.717) is 23.5 Å². The van der Waals surface area contributed by atoms with Crippen molar-refractivity contribution in [1.29, 1.82) is 0 Å². The largest absolute Gasteiger partial charge is 0.508 e. The standard InChI is InChI=1S/C27H33N6O6PS/c1-17(2)38-27(35)19(4)32-40(36,16-37-18(3)13-33-15-31-24-25(28)29-14-30-26(24)33)39-21-7-11-23(12-8-21)41-22-9-5-20(34)6-10-22/h5-12,14-15,17-19,34H,13,16H2,1-4H3,(H,32,36)(H2,28,29,30)/t18-,19+,40?/m1/s1. The molecule has 3 atom stereocenters. The quantitative estimate of drug-likeness (QED) is 0.142. The van der Waals surface area contributed by atoms with Crippen molar-refractivity contribution >= 4 is 42.2 Å². The lowest BCUT2D eigenvalue weighted by Gasteiger charge is -2.25. The minimum absolute atomic E-state index is 0.196. The van der Waals surface area contributed by atoms with Gasteiger partial charge in [-0.15, -0.1) is 0 Å². The van der Waals surface area contributed by atoms with Crippen LogP contribution in [0.4, 0.5) is 5.82 Å². The molecule has 0 radical (unpaired) electrons. The van der Waals surface area contributed by atoms with Gasteiger partial charge in [0.25, 0.3) is 0 Å². The average Bonchev–Trinajstić information content (AvgIpc) is 3.33. The van der Waals surface area contributed by atoms with Gasteiger partial charge >= 0.3 is 13.5 Å². The van der Waals surface area contributed by atoms with E-state index in [9.17, 15) is 14.5 Å². The Hall–Kier alpha value is -3.64. The van der Waals surface area contributed by atoms with Crippen molar-refractivity contribution in [2.45, 2.75) is 62.3 Å². The summed E-state index contributed by atoms with van der Waals surface area (Å²) in [4.78, 5) is 26.8. The van der Waals surface area contributed by atoms with E-state index in [4.69, 9.17) is 19.7 Å². The molecule has 0 amide bonds. The van der Waals surface area contributed by atoms with Crippen LogP contribution in [0.1, 0.15) is 27.7 Å². The zero-order valence-corrected chi connectivity index (χ0v) is 24.8. The first kappa shape index (κ1) is 30.3. The van der Waals surface area contributed by atoms with Gasteiger partial charge in [-0.05, 0) is 76.2 Å². The molecule has 2 aromatic heterocycles. The highest BCUT2D eigenvalue weighted by molar-refractivity contribution is 7.99. The number of imidazole rings is 1. The molecule has 4 rings (SSSR count).